The van der Waals surface area contributed by atoms with Crippen LogP contribution < -0.4 is 5.73 Å². The van der Waals surface area contributed by atoms with Crippen LogP contribution in [0.2, 0.25) is 0 Å². The average molecular weight is 268 g/mol. The van der Waals surface area contributed by atoms with Gasteiger partial charge in [-0.15, -0.1) is 0 Å². The Balaban J connectivity index is 1.70. The van der Waals surface area contributed by atoms with E-state index in [9.17, 15) is 4.79 Å². The maximum absolute atomic E-state index is 10.5. The Kier molecular flexibility index (Phi) is 9.78. The van der Waals surface area contributed by atoms with Gasteiger partial charge in [0, 0.05) is 6.42 Å². The molecule has 1 amide bonds. The number of carbonyl (C=O) groups excluding carboxylic acids is 1. The molecule has 1 aliphatic rings. The SMILES string of the molecule is NC(=O)CCCCCCCCCCCN1CCCC1. The van der Waals surface area contributed by atoms with Gasteiger partial charge in [0.1, 0.15) is 0 Å². The van der Waals surface area contributed by atoms with Crippen molar-refractivity contribution in [2.45, 2.75) is 77.0 Å². The molecule has 1 heterocycles. The molecule has 0 radical (unpaired) electrons. The largest absolute Gasteiger partial charge is 0.370 e. The summed E-state index contributed by atoms with van der Waals surface area (Å²) >= 11 is 0. The zero-order valence-corrected chi connectivity index (χ0v) is 12.5. The van der Waals surface area contributed by atoms with Crippen LogP contribution in [-0.4, -0.2) is 30.4 Å². The molecule has 2 N–H and O–H groups in total. The first-order chi connectivity index (χ1) is 9.29. The summed E-state index contributed by atoms with van der Waals surface area (Å²) < 4.78 is 0. The van der Waals surface area contributed by atoms with Crippen LogP contribution in [0.25, 0.3) is 0 Å². The molecule has 3 nitrogen and oxygen atoms in total. The van der Waals surface area contributed by atoms with Crippen LogP contribution in [0.15, 0.2) is 0 Å². The molecule has 1 aliphatic heterocycles. The third kappa shape index (κ3) is 9.94. The van der Waals surface area contributed by atoms with Gasteiger partial charge in [0.25, 0.3) is 0 Å². The van der Waals surface area contributed by atoms with Crippen molar-refractivity contribution in [2.75, 3.05) is 19.6 Å². The lowest BCUT2D eigenvalue weighted by Gasteiger charge is -2.13. The van der Waals surface area contributed by atoms with Gasteiger partial charge in [0.2, 0.25) is 5.91 Å². The Labute approximate surface area is 118 Å². The number of rotatable bonds is 12. The molecule has 19 heavy (non-hydrogen) atoms. The van der Waals surface area contributed by atoms with Gasteiger partial charge in [0.05, 0.1) is 0 Å². The zero-order valence-electron chi connectivity index (χ0n) is 12.5. The summed E-state index contributed by atoms with van der Waals surface area (Å²) in [5.41, 5.74) is 5.10. The predicted octanol–water partition coefficient (Wildman–Crippen LogP) is 3.47. The van der Waals surface area contributed by atoms with Crippen LogP contribution >= 0.6 is 0 Å². The fourth-order valence-electron chi connectivity index (χ4n) is 2.88. The molecular formula is C16H32N2O. The van der Waals surface area contributed by atoms with E-state index in [1.54, 1.807) is 0 Å². The van der Waals surface area contributed by atoms with Crippen LogP contribution in [0.1, 0.15) is 77.0 Å². The minimum Gasteiger partial charge on any atom is -0.370 e. The smallest absolute Gasteiger partial charge is 0.217 e. The Morgan fingerprint density at radius 3 is 1.79 bits per heavy atom. The van der Waals surface area contributed by atoms with E-state index in [4.69, 9.17) is 5.73 Å². The van der Waals surface area contributed by atoms with Crippen LogP contribution in [0.5, 0.6) is 0 Å². The van der Waals surface area contributed by atoms with Crippen molar-refractivity contribution in [1.29, 1.82) is 0 Å². The lowest BCUT2D eigenvalue weighted by Crippen LogP contribution is -2.20. The highest BCUT2D eigenvalue weighted by Gasteiger charge is 2.09. The summed E-state index contributed by atoms with van der Waals surface area (Å²) in [5.74, 6) is -0.155. The second-order valence-electron chi connectivity index (χ2n) is 5.95. The number of unbranched alkanes of at least 4 members (excludes halogenated alkanes) is 8. The number of hydrogen-bond acceptors (Lipinski definition) is 2. The quantitative estimate of drug-likeness (QED) is 0.551. The van der Waals surface area contributed by atoms with Gasteiger partial charge in [-0.3, -0.25) is 4.79 Å². The number of carbonyl (C=O) groups is 1. The molecule has 1 rings (SSSR count). The van der Waals surface area contributed by atoms with Gasteiger partial charge in [-0.25, -0.2) is 0 Å². The summed E-state index contributed by atoms with van der Waals surface area (Å²) in [6, 6.07) is 0. The molecule has 0 aromatic carbocycles. The molecule has 0 saturated carbocycles. The van der Waals surface area contributed by atoms with Crippen molar-refractivity contribution in [3.8, 4) is 0 Å². The number of amides is 1. The first-order valence-corrected chi connectivity index (χ1v) is 8.30. The van der Waals surface area contributed by atoms with Crippen molar-refractivity contribution < 1.29 is 4.79 Å². The van der Waals surface area contributed by atoms with Gasteiger partial charge in [-0.1, -0.05) is 44.9 Å². The number of hydrogen-bond donors (Lipinski definition) is 1. The van der Waals surface area contributed by atoms with E-state index >= 15 is 0 Å². The molecule has 0 aromatic rings. The van der Waals surface area contributed by atoms with Gasteiger partial charge in [-0.2, -0.15) is 0 Å². The minimum atomic E-state index is -0.155. The summed E-state index contributed by atoms with van der Waals surface area (Å²) in [5, 5.41) is 0. The fourth-order valence-corrected chi connectivity index (χ4v) is 2.88. The van der Waals surface area contributed by atoms with Gasteiger partial charge in [-0.05, 0) is 45.3 Å². The number of primary amides is 1. The predicted molar refractivity (Wildman–Crippen MR) is 81.0 cm³/mol. The molecule has 0 aliphatic carbocycles. The third-order valence-electron chi connectivity index (χ3n) is 4.10. The van der Waals surface area contributed by atoms with Gasteiger partial charge in [0.15, 0.2) is 0 Å². The van der Waals surface area contributed by atoms with Crippen molar-refractivity contribution in [3.63, 3.8) is 0 Å². The monoisotopic (exact) mass is 268 g/mol. The Morgan fingerprint density at radius 2 is 1.26 bits per heavy atom. The van der Waals surface area contributed by atoms with Gasteiger partial charge < -0.3 is 10.6 Å². The van der Waals surface area contributed by atoms with E-state index in [0.717, 1.165) is 12.8 Å². The van der Waals surface area contributed by atoms with Crippen molar-refractivity contribution in [1.82, 2.24) is 4.90 Å². The topological polar surface area (TPSA) is 46.3 Å². The lowest BCUT2D eigenvalue weighted by molar-refractivity contribution is -0.118. The average Bonchev–Trinajstić information content (AvgIpc) is 2.88. The van der Waals surface area contributed by atoms with E-state index in [0.29, 0.717) is 6.42 Å². The molecule has 0 unspecified atom stereocenters. The summed E-state index contributed by atoms with van der Waals surface area (Å²) in [7, 11) is 0. The molecule has 0 atom stereocenters. The maximum atomic E-state index is 10.5. The highest BCUT2D eigenvalue weighted by molar-refractivity contribution is 5.73. The fraction of sp³-hybridized carbons (Fsp3) is 0.938. The molecule has 1 saturated heterocycles. The van der Waals surface area contributed by atoms with Crippen molar-refractivity contribution in [3.05, 3.63) is 0 Å². The van der Waals surface area contributed by atoms with E-state index in [1.165, 1.54) is 77.4 Å². The second-order valence-corrected chi connectivity index (χ2v) is 5.95. The normalized spacial score (nSPS) is 16.0. The number of likely N-dealkylation sites (tertiary alicyclic amines) is 1. The molecule has 1 fully saturated rings. The molecule has 3 heteroatoms. The lowest BCUT2D eigenvalue weighted by atomic mass is 10.1. The van der Waals surface area contributed by atoms with Crippen molar-refractivity contribution >= 4 is 5.91 Å². The van der Waals surface area contributed by atoms with E-state index in [1.807, 2.05) is 0 Å². The standard InChI is InChI=1S/C16H32N2O/c17-16(19)12-8-6-4-2-1-3-5-7-9-13-18-14-10-11-15-18/h1-15H2,(H2,17,19). The van der Waals surface area contributed by atoms with E-state index in [2.05, 4.69) is 4.90 Å². The third-order valence-corrected chi connectivity index (χ3v) is 4.10. The molecule has 0 spiro atoms. The van der Waals surface area contributed by atoms with Crippen LogP contribution in [0.4, 0.5) is 0 Å². The molecule has 112 valence electrons. The van der Waals surface area contributed by atoms with Crippen LogP contribution in [0.3, 0.4) is 0 Å². The Bertz CT molecular complexity index is 225. The van der Waals surface area contributed by atoms with Crippen LogP contribution in [0, 0.1) is 0 Å². The van der Waals surface area contributed by atoms with Crippen molar-refractivity contribution in [2.24, 2.45) is 5.73 Å². The first-order valence-electron chi connectivity index (χ1n) is 8.30. The minimum absolute atomic E-state index is 0.155. The highest BCUT2D eigenvalue weighted by atomic mass is 16.1. The Hall–Kier alpha value is -0.570. The molecular weight excluding hydrogens is 236 g/mol. The first kappa shape index (κ1) is 16.5. The molecule has 0 aromatic heterocycles. The zero-order chi connectivity index (χ0) is 13.8. The number of nitrogens with zero attached hydrogens (tertiary/aromatic N) is 1. The van der Waals surface area contributed by atoms with Gasteiger partial charge >= 0.3 is 0 Å². The number of nitrogens with two attached hydrogens (primary N) is 1. The van der Waals surface area contributed by atoms with E-state index < -0.39 is 0 Å². The maximum Gasteiger partial charge on any atom is 0.217 e. The summed E-state index contributed by atoms with van der Waals surface area (Å²) in [4.78, 5) is 13.2. The summed E-state index contributed by atoms with van der Waals surface area (Å²) in [6.07, 6.45) is 15.1. The van der Waals surface area contributed by atoms with Crippen LogP contribution in [-0.2, 0) is 4.79 Å². The molecule has 0 bridgehead atoms. The summed E-state index contributed by atoms with van der Waals surface area (Å²) in [6.45, 7) is 4.00. The highest BCUT2D eigenvalue weighted by Crippen LogP contribution is 2.12. The Morgan fingerprint density at radius 1 is 0.789 bits per heavy atom. The second kappa shape index (κ2) is 11.3. The van der Waals surface area contributed by atoms with E-state index in [-0.39, 0.29) is 5.91 Å².